The van der Waals surface area contributed by atoms with Gasteiger partial charge in [0.05, 0.1) is 18.4 Å². The zero-order valence-corrected chi connectivity index (χ0v) is 13.6. The van der Waals surface area contributed by atoms with E-state index in [0.717, 1.165) is 17.2 Å². The zero-order valence-electron chi connectivity index (χ0n) is 13.6. The molecule has 24 heavy (non-hydrogen) atoms. The first-order valence-electron chi connectivity index (χ1n) is 7.82. The van der Waals surface area contributed by atoms with Crippen molar-refractivity contribution in [1.29, 1.82) is 0 Å². The molecule has 9 heteroatoms. The molecule has 3 aromatic rings. The third-order valence-electron chi connectivity index (χ3n) is 4.19. The number of nitrogens with zero attached hydrogens (tertiary/aromatic N) is 8. The monoisotopic (exact) mass is 326 g/mol. The normalized spacial score (nSPS) is 17.8. The van der Waals surface area contributed by atoms with E-state index in [9.17, 15) is 4.79 Å². The van der Waals surface area contributed by atoms with Crippen molar-refractivity contribution in [2.24, 2.45) is 7.05 Å². The van der Waals surface area contributed by atoms with Gasteiger partial charge >= 0.3 is 0 Å². The van der Waals surface area contributed by atoms with Crippen LogP contribution in [0.1, 0.15) is 23.9 Å². The molecule has 1 aliphatic rings. The van der Waals surface area contributed by atoms with E-state index in [-0.39, 0.29) is 11.9 Å². The molecule has 0 bridgehead atoms. The van der Waals surface area contributed by atoms with E-state index < -0.39 is 0 Å². The lowest BCUT2D eigenvalue weighted by molar-refractivity contribution is -0.120. The van der Waals surface area contributed by atoms with Gasteiger partial charge in [0.2, 0.25) is 0 Å². The highest BCUT2D eigenvalue weighted by atomic mass is 16.2. The number of amides is 1. The maximum Gasteiger partial charge on any atom is 0.253 e. The molecule has 124 valence electrons. The number of rotatable bonds is 4. The Morgan fingerprint density at radius 2 is 2.25 bits per heavy atom. The van der Waals surface area contributed by atoms with Crippen LogP contribution >= 0.6 is 0 Å². The van der Waals surface area contributed by atoms with Gasteiger partial charge in [-0.15, -0.1) is 5.10 Å². The third-order valence-corrected chi connectivity index (χ3v) is 4.19. The van der Waals surface area contributed by atoms with E-state index in [4.69, 9.17) is 0 Å². The predicted octanol–water partition coefficient (Wildman–Crippen LogP) is 0.543. The Labute approximate surface area is 138 Å². The minimum atomic E-state index is -0.320. The van der Waals surface area contributed by atoms with Gasteiger partial charge in [0.15, 0.2) is 0 Å². The molecular formula is C15H18N8O. The van der Waals surface area contributed by atoms with Crippen LogP contribution in [-0.4, -0.2) is 47.0 Å². The quantitative estimate of drug-likeness (QED) is 0.698. The summed E-state index contributed by atoms with van der Waals surface area (Å²) in [6, 6.07) is 3.46. The highest BCUT2D eigenvalue weighted by Crippen LogP contribution is 2.28. The SMILES string of the molecule is Cc1cc(N2CCC(n3cc(Cn4cccn4)nn3)C2=O)n(C)n1. The molecule has 0 saturated carbocycles. The Bertz CT molecular complexity index is 862. The van der Waals surface area contributed by atoms with Crippen molar-refractivity contribution in [2.45, 2.75) is 25.9 Å². The summed E-state index contributed by atoms with van der Waals surface area (Å²) < 4.78 is 5.17. The lowest BCUT2D eigenvalue weighted by atomic mass is 10.2. The summed E-state index contributed by atoms with van der Waals surface area (Å²) in [5.74, 6) is 0.838. The molecule has 1 atom stereocenters. The first-order valence-corrected chi connectivity index (χ1v) is 7.82. The molecule has 0 N–H and O–H groups in total. The predicted molar refractivity (Wildman–Crippen MR) is 85.3 cm³/mol. The summed E-state index contributed by atoms with van der Waals surface area (Å²) in [5, 5.41) is 16.8. The number of aryl methyl sites for hydroxylation is 2. The second-order valence-corrected chi connectivity index (χ2v) is 5.96. The smallest absolute Gasteiger partial charge is 0.253 e. The second-order valence-electron chi connectivity index (χ2n) is 5.96. The molecule has 0 spiro atoms. The summed E-state index contributed by atoms with van der Waals surface area (Å²) in [6.45, 7) is 3.11. The third kappa shape index (κ3) is 2.47. The number of carbonyl (C=O) groups excluding carboxylic acids is 1. The van der Waals surface area contributed by atoms with Gasteiger partial charge in [0, 0.05) is 32.1 Å². The van der Waals surface area contributed by atoms with Crippen molar-refractivity contribution in [3.8, 4) is 0 Å². The Morgan fingerprint density at radius 1 is 1.38 bits per heavy atom. The molecule has 1 unspecified atom stereocenters. The molecule has 4 heterocycles. The van der Waals surface area contributed by atoms with Crippen molar-refractivity contribution < 1.29 is 4.79 Å². The molecule has 4 rings (SSSR count). The van der Waals surface area contributed by atoms with Gasteiger partial charge in [-0.05, 0) is 19.4 Å². The number of aromatic nitrogens is 7. The van der Waals surface area contributed by atoms with Crippen LogP contribution in [0.2, 0.25) is 0 Å². The summed E-state index contributed by atoms with van der Waals surface area (Å²) in [6.07, 6.45) is 6.11. The average Bonchev–Trinajstić information content (AvgIpc) is 3.29. The highest BCUT2D eigenvalue weighted by molar-refractivity contribution is 5.97. The van der Waals surface area contributed by atoms with E-state index in [1.165, 1.54) is 0 Å². The Balaban J connectivity index is 1.52. The van der Waals surface area contributed by atoms with Gasteiger partial charge in [-0.1, -0.05) is 5.21 Å². The van der Waals surface area contributed by atoms with Crippen LogP contribution < -0.4 is 4.90 Å². The van der Waals surface area contributed by atoms with E-state index >= 15 is 0 Å². The van der Waals surface area contributed by atoms with Crippen LogP contribution in [0.15, 0.2) is 30.7 Å². The number of hydrogen-bond acceptors (Lipinski definition) is 5. The summed E-state index contributed by atoms with van der Waals surface area (Å²) in [7, 11) is 1.85. The standard InChI is InChI=1S/C15H18N8O/c1-11-8-14(20(2)18-11)22-7-4-13(15(22)24)23-10-12(17-19-23)9-21-6-3-5-16-21/h3,5-6,8,10,13H,4,7,9H2,1-2H3. The van der Waals surface area contributed by atoms with Crippen molar-refractivity contribution in [2.75, 3.05) is 11.4 Å². The zero-order chi connectivity index (χ0) is 16.7. The van der Waals surface area contributed by atoms with Gasteiger partial charge in [-0.25, -0.2) is 4.68 Å². The summed E-state index contributed by atoms with van der Waals surface area (Å²) in [5.41, 5.74) is 1.67. The minimum absolute atomic E-state index is 0.0218. The van der Waals surface area contributed by atoms with Gasteiger partial charge in [0.25, 0.3) is 5.91 Å². The van der Waals surface area contributed by atoms with Crippen LogP contribution in [0.4, 0.5) is 5.82 Å². The fourth-order valence-corrected chi connectivity index (χ4v) is 3.09. The van der Waals surface area contributed by atoms with Crippen LogP contribution in [0.5, 0.6) is 0 Å². The van der Waals surface area contributed by atoms with Gasteiger partial charge in [0.1, 0.15) is 17.6 Å². The van der Waals surface area contributed by atoms with E-state index in [0.29, 0.717) is 19.5 Å². The van der Waals surface area contributed by atoms with Crippen LogP contribution in [0.25, 0.3) is 0 Å². The van der Waals surface area contributed by atoms with Gasteiger partial charge < -0.3 is 0 Å². The van der Waals surface area contributed by atoms with Gasteiger partial charge in [-0.3, -0.25) is 19.1 Å². The lowest BCUT2D eigenvalue weighted by Crippen LogP contribution is -2.30. The van der Waals surface area contributed by atoms with Crippen LogP contribution in [0, 0.1) is 6.92 Å². The van der Waals surface area contributed by atoms with Gasteiger partial charge in [-0.2, -0.15) is 10.2 Å². The molecule has 3 aromatic heterocycles. The van der Waals surface area contributed by atoms with Crippen molar-refractivity contribution in [3.63, 3.8) is 0 Å². The number of anilines is 1. The lowest BCUT2D eigenvalue weighted by Gasteiger charge is -2.16. The maximum absolute atomic E-state index is 12.8. The molecule has 1 fully saturated rings. The van der Waals surface area contributed by atoms with Crippen LogP contribution in [-0.2, 0) is 18.4 Å². The second kappa shape index (κ2) is 5.59. The van der Waals surface area contributed by atoms with Crippen LogP contribution in [0.3, 0.4) is 0 Å². The van der Waals surface area contributed by atoms with E-state index in [1.807, 2.05) is 38.5 Å². The maximum atomic E-state index is 12.8. The average molecular weight is 326 g/mol. The summed E-state index contributed by atoms with van der Waals surface area (Å²) >= 11 is 0. The molecule has 9 nitrogen and oxygen atoms in total. The minimum Gasteiger partial charge on any atom is -0.295 e. The largest absolute Gasteiger partial charge is 0.295 e. The number of carbonyl (C=O) groups is 1. The van der Waals surface area contributed by atoms with Crippen molar-refractivity contribution in [1.82, 2.24) is 34.6 Å². The Kier molecular flexibility index (Phi) is 3.40. The topological polar surface area (TPSA) is 86.7 Å². The molecule has 0 aromatic carbocycles. The fraction of sp³-hybridized carbons (Fsp3) is 0.400. The Hall–Kier alpha value is -2.97. The molecular weight excluding hydrogens is 308 g/mol. The first kappa shape index (κ1) is 14.6. The fourth-order valence-electron chi connectivity index (χ4n) is 3.09. The van der Waals surface area contributed by atoms with E-state index in [1.54, 1.807) is 25.1 Å². The molecule has 1 aliphatic heterocycles. The molecule has 1 amide bonds. The molecule has 0 radical (unpaired) electrons. The summed E-state index contributed by atoms with van der Waals surface area (Å²) in [4.78, 5) is 14.5. The molecule has 0 aliphatic carbocycles. The first-order chi connectivity index (χ1) is 11.6. The highest BCUT2D eigenvalue weighted by Gasteiger charge is 2.36. The Morgan fingerprint density at radius 3 is 2.96 bits per heavy atom. The van der Waals surface area contributed by atoms with Crippen molar-refractivity contribution >= 4 is 11.7 Å². The number of hydrogen-bond donors (Lipinski definition) is 0. The van der Waals surface area contributed by atoms with E-state index in [2.05, 4.69) is 20.5 Å². The molecule has 1 saturated heterocycles. The van der Waals surface area contributed by atoms with Crippen molar-refractivity contribution in [3.05, 3.63) is 42.1 Å².